The van der Waals surface area contributed by atoms with Crippen molar-refractivity contribution < 1.29 is 43.4 Å². The molecule has 1 saturated heterocycles. The molecule has 0 aliphatic carbocycles. The summed E-state index contributed by atoms with van der Waals surface area (Å²) in [6.45, 7) is 1.14. The van der Waals surface area contributed by atoms with E-state index in [-0.39, 0.29) is 40.9 Å². The average molecular weight is 638 g/mol. The van der Waals surface area contributed by atoms with Crippen molar-refractivity contribution in [2.24, 2.45) is 5.41 Å². The topological polar surface area (TPSA) is 228 Å². The van der Waals surface area contributed by atoms with Gasteiger partial charge in [0.05, 0.1) is 27.1 Å². The number of aliphatic carboxylic acids is 1. The summed E-state index contributed by atoms with van der Waals surface area (Å²) in [5.41, 5.74) is -1.51. The SMILES string of the molecule is CC(OC(=O)OCc1ccc([N+](=O)[O-])cc1)C1(Cc2ccc([N+](=O)[O-])cc2)C(=O)N2C(C(=O)O)=C([S+]([O-])c3ncccn3)CC21. The minimum Gasteiger partial charge on any atom is -0.604 e. The summed E-state index contributed by atoms with van der Waals surface area (Å²) in [5, 5.41) is 31.9. The Kier molecular flexibility index (Phi) is 8.47. The van der Waals surface area contributed by atoms with Crippen LogP contribution in [-0.4, -0.2) is 64.6 Å². The van der Waals surface area contributed by atoms with Crippen molar-refractivity contribution in [1.82, 2.24) is 14.9 Å². The molecule has 0 radical (unpaired) electrons. The first-order valence-electron chi connectivity index (χ1n) is 13.2. The molecule has 1 fully saturated rings. The Morgan fingerprint density at radius 3 is 2.13 bits per heavy atom. The van der Waals surface area contributed by atoms with E-state index in [1.807, 2.05) is 0 Å². The molecule has 17 heteroatoms. The van der Waals surface area contributed by atoms with Crippen molar-refractivity contribution in [3.05, 3.63) is 109 Å². The van der Waals surface area contributed by atoms with Crippen molar-refractivity contribution in [2.75, 3.05) is 0 Å². The van der Waals surface area contributed by atoms with E-state index in [1.165, 1.54) is 73.9 Å². The number of ether oxygens (including phenoxy) is 2. The zero-order valence-corrected chi connectivity index (χ0v) is 24.1. The van der Waals surface area contributed by atoms with E-state index in [2.05, 4.69) is 9.97 Å². The quantitative estimate of drug-likeness (QED) is 0.0795. The summed E-state index contributed by atoms with van der Waals surface area (Å²) in [5.74, 6) is -2.22. The highest BCUT2D eigenvalue weighted by molar-refractivity contribution is 7.95. The van der Waals surface area contributed by atoms with E-state index in [0.29, 0.717) is 11.1 Å². The number of benzene rings is 2. The average Bonchev–Trinajstić information content (AvgIpc) is 3.40. The fourth-order valence-corrected chi connectivity index (χ4v) is 6.69. The molecule has 0 saturated carbocycles. The predicted octanol–water partition coefficient (Wildman–Crippen LogP) is 3.28. The third-order valence-electron chi connectivity index (χ3n) is 7.69. The number of aromatic nitrogens is 2. The van der Waals surface area contributed by atoms with Gasteiger partial charge in [-0.3, -0.25) is 29.9 Å². The van der Waals surface area contributed by atoms with Gasteiger partial charge < -0.3 is 19.1 Å². The number of carboxylic acid groups (broad SMARTS) is 1. The molecule has 1 aromatic heterocycles. The number of non-ortho nitro benzene ring substituents is 2. The lowest BCUT2D eigenvalue weighted by molar-refractivity contribution is -0.385. The van der Waals surface area contributed by atoms with E-state index in [0.717, 1.165) is 4.90 Å². The molecule has 0 spiro atoms. The number of nitrogens with zero attached hydrogens (tertiary/aromatic N) is 5. The minimum absolute atomic E-state index is 0.0921. The van der Waals surface area contributed by atoms with Crippen LogP contribution in [-0.2, 0) is 43.3 Å². The van der Waals surface area contributed by atoms with Crippen LogP contribution in [0.5, 0.6) is 0 Å². The molecule has 1 N–H and O–H groups in total. The Morgan fingerprint density at radius 2 is 1.60 bits per heavy atom. The molecule has 5 rings (SSSR count). The van der Waals surface area contributed by atoms with Gasteiger partial charge in [0, 0.05) is 43.1 Å². The molecule has 16 nitrogen and oxygen atoms in total. The maximum absolute atomic E-state index is 14.0. The van der Waals surface area contributed by atoms with Crippen molar-refractivity contribution >= 4 is 40.6 Å². The lowest BCUT2D eigenvalue weighted by atomic mass is 9.63. The summed E-state index contributed by atoms with van der Waals surface area (Å²) < 4.78 is 24.1. The van der Waals surface area contributed by atoms with Gasteiger partial charge in [0.25, 0.3) is 11.4 Å². The number of fused-ring (bicyclic) bond motifs is 1. The number of carbonyl (C=O) groups is 3. The molecule has 4 atom stereocenters. The monoisotopic (exact) mass is 637 g/mol. The fraction of sp³-hybridized carbons (Fsp3) is 0.250. The maximum atomic E-state index is 14.0. The first kappa shape index (κ1) is 31.0. The molecule has 4 unspecified atom stereocenters. The largest absolute Gasteiger partial charge is 0.604 e. The second kappa shape index (κ2) is 12.3. The van der Waals surface area contributed by atoms with Gasteiger partial charge in [-0.15, -0.1) is 0 Å². The highest BCUT2D eigenvalue weighted by atomic mass is 32.2. The van der Waals surface area contributed by atoms with Crippen molar-refractivity contribution in [3.8, 4) is 0 Å². The van der Waals surface area contributed by atoms with Crippen LogP contribution < -0.4 is 0 Å². The van der Waals surface area contributed by atoms with Crippen molar-refractivity contribution in [3.63, 3.8) is 0 Å². The standard InChI is InChI=1S/C28H23N5O11S/c1-16(44-27(37)43-15-18-5-9-20(10-6-18)33(40)41)28(14-17-3-7-19(8-4-17)32(38)39)22-13-21(23(24(34)35)31(22)25(28)36)45(42)26-29-11-2-12-30-26/h2-12,16,22H,13-15H2,1H3,(H,34,35). The molecule has 45 heavy (non-hydrogen) atoms. The van der Waals surface area contributed by atoms with Crippen LogP contribution in [0.4, 0.5) is 16.2 Å². The lowest BCUT2D eigenvalue weighted by Gasteiger charge is -2.55. The molecule has 2 aliphatic heterocycles. The first-order valence-corrected chi connectivity index (χ1v) is 14.4. The van der Waals surface area contributed by atoms with E-state index >= 15 is 0 Å². The van der Waals surface area contributed by atoms with Gasteiger partial charge in [-0.05, 0) is 42.7 Å². The van der Waals surface area contributed by atoms with Crippen molar-refractivity contribution in [2.45, 2.75) is 43.7 Å². The lowest BCUT2D eigenvalue weighted by Crippen LogP contribution is -2.72. The Bertz CT molecular complexity index is 1700. The molecule has 1 amide bonds. The number of rotatable bonds is 11. The molecule has 232 valence electrons. The number of nitro groups is 2. The molecule has 2 aliphatic rings. The van der Waals surface area contributed by atoms with E-state index in [4.69, 9.17) is 9.47 Å². The Hall–Kier alpha value is -5.42. The first-order chi connectivity index (χ1) is 21.4. The highest BCUT2D eigenvalue weighted by Crippen LogP contribution is 2.55. The molecular formula is C28H23N5O11S. The third kappa shape index (κ3) is 5.77. The molecule has 0 bridgehead atoms. The van der Waals surface area contributed by atoms with Crippen LogP contribution in [0.15, 0.2) is 82.7 Å². The number of amides is 1. The van der Waals surface area contributed by atoms with Gasteiger partial charge in [-0.2, -0.15) is 9.97 Å². The molecule has 3 aromatic rings. The summed E-state index contributed by atoms with van der Waals surface area (Å²) in [4.78, 5) is 68.8. The second-order valence-corrected chi connectivity index (χ2v) is 11.5. The number of hydrogen-bond acceptors (Lipinski definition) is 12. The van der Waals surface area contributed by atoms with Gasteiger partial charge in [-0.25, -0.2) is 9.59 Å². The zero-order valence-electron chi connectivity index (χ0n) is 23.3. The van der Waals surface area contributed by atoms with Gasteiger partial charge in [0.1, 0.15) is 18.1 Å². The van der Waals surface area contributed by atoms with Crippen LogP contribution in [0.1, 0.15) is 24.5 Å². The van der Waals surface area contributed by atoms with Crippen LogP contribution >= 0.6 is 0 Å². The van der Waals surface area contributed by atoms with E-state index in [9.17, 15) is 44.3 Å². The highest BCUT2D eigenvalue weighted by Gasteiger charge is 2.70. The smallest absolute Gasteiger partial charge is 0.508 e. The number of carbonyl (C=O) groups excluding carboxylic acids is 2. The number of nitro benzene ring substituents is 2. The van der Waals surface area contributed by atoms with Gasteiger partial charge in [-0.1, -0.05) is 12.1 Å². The number of carboxylic acids is 1. The Morgan fingerprint density at radius 1 is 1.04 bits per heavy atom. The normalized spacial score (nSPS) is 20.1. The van der Waals surface area contributed by atoms with Gasteiger partial charge >= 0.3 is 17.3 Å². The summed E-state index contributed by atoms with van der Waals surface area (Å²) in [6.07, 6.45) is 0.0103. The van der Waals surface area contributed by atoms with E-state index in [1.54, 1.807) is 0 Å². The van der Waals surface area contributed by atoms with Crippen LogP contribution in [0.3, 0.4) is 0 Å². The molecule has 2 aromatic carbocycles. The second-order valence-electron chi connectivity index (χ2n) is 10.1. The Balaban J connectivity index is 1.42. The summed E-state index contributed by atoms with van der Waals surface area (Å²) >= 11 is -2.13. The number of β-lactam (4-membered cyclic amide) rings is 1. The zero-order chi connectivity index (χ0) is 32.5. The Labute approximate surface area is 256 Å². The fourth-order valence-electron chi connectivity index (χ4n) is 5.48. The minimum atomic E-state index is -2.13. The summed E-state index contributed by atoms with van der Waals surface area (Å²) in [7, 11) is 0. The van der Waals surface area contributed by atoms with Crippen molar-refractivity contribution in [1.29, 1.82) is 0 Å². The van der Waals surface area contributed by atoms with Gasteiger partial charge in [0.15, 0.2) is 10.6 Å². The van der Waals surface area contributed by atoms with E-state index < -0.39 is 62.3 Å². The molecule has 3 heterocycles. The molecular weight excluding hydrogens is 614 g/mol. The van der Waals surface area contributed by atoms with Crippen LogP contribution in [0.25, 0.3) is 0 Å². The number of hydrogen-bond donors (Lipinski definition) is 1. The van der Waals surface area contributed by atoms with Gasteiger partial charge in [0.2, 0.25) is 5.91 Å². The van der Waals surface area contributed by atoms with Crippen LogP contribution in [0.2, 0.25) is 0 Å². The van der Waals surface area contributed by atoms with Crippen LogP contribution in [0, 0.1) is 25.6 Å². The summed E-state index contributed by atoms with van der Waals surface area (Å²) in [6, 6.07) is 11.2. The predicted molar refractivity (Wildman–Crippen MR) is 151 cm³/mol. The maximum Gasteiger partial charge on any atom is 0.508 e. The third-order valence-corrected chi connectivity index (χ3v) is 9.04.